The second-order valence-electron chi connectivity index (χ2n) is 19.7. The fourth-order valence-corrected chi connectivity index (χ4v) is 9.88. The fourth-order valence-electron chi connectivity index (χ4n) is 9.32. The molecule has 5 fully saturated rings. The topological polar surface area (TPSA) is 180 Å². The molecule has 4 aliphatic heterocycles. The van der Waals surface area contributed by atoms with Gasteiger partial charge in [-0.15, -0.1) is 11.3 Å². The molecular formula is C48H67N7O10S. The van der Waals surface area contributed by atoms with Crippen molar-refractivity contribution in [2.45, 2.75) is 116 Å². The van der Waals surface area contributed by atoms with Crippen molar-refractivity contribution in [3.8, 4) is 28.3 Å². The highest BCUT2D eigenvalue weighted by molar-refractivity contribution is 7.07. The number of fused-ring (bicyclic) bond motifs is 3. The Balaban J connectivity index is 1.04. The average molecular weight is 934 g/mol. The number of alkyl carbamates (subject to hydrolysis) is 1. The fraction of sp³-hybridized carbons (Fsp3) is 0.625. The van der Waals surface area contributed by atoms with E-state index in [4.69, 9.17) is 38.4 Å². The highest BCUT2D eigenvalue weighted by Crippen LogP contribution is 2.43. The van der Waals surface area contributed by atoms with Crippen LogP contribution in [0.3, 0.4) is 0 Å². The van der Waals surface area contributed by atoms with E-state index in [0.717, 1.165) is 64.7 Å². The molecule has 4 saturated heterocycles. The van der Waals surface area contributed by atoms with Crippen molar-refractivity contribution in [3.05, 3.63) is 52.6 Å². The molecule has 360 valence electrons. The number of aromatic hydroxyl groups is 1. The van der Waals surface area contributed by atoms with E-state index in [1.165, 1.54) is 6.20 Å². The largest absolute Gasteiger partial charge is 0.506 e. The molecule has 1 saturated carbocycles. The molecule has 1 aromatic carbocycles. The van der Waals surface area contributed by atoms with Crippen LogP contribution >= 0.6 is 11.3 Å². The van der Waals surface area contributed by atoms with Crippen molar-refractivity contribution in [2.24, 2.45) is 11.3 Å². The third kappa shape index (κ3) is 11.5. The number of aromatic nitrogens is 3. The molecule has 3 atom stereocenters. The predicted molar refractivity (Wildman–Crippen MR) is 248 cm³/mol. The lowest BCUT2D eigenvalue weighted by atomic mass is 9.76. The third-order valence-corrected chi connectivity index (χ3v) is 13.5. The van der Waals surface area contributed by atoms with Gasteiger partial charge < -0.3 is 38.7 Å². The van der Waals surface area contributed by atoms with E-state index in [1.54, 1.807) is 50.3 Å². The number of carbonyl (C=O) groups is 2. The number of hydrogen-bond acceptors (Lipinski definition) is 15. The number of ether oxygens (including phenoxy) is 5. The van der Waals surface area contributed by atoms with Crippen LogP contribution in [0.5, 0.6) is 5.75 Å². The van der Waals surface area contributed by atoms with Gasteiger partial charge >= 0.3 is 6.09 Å². The summed E-state index contributed by atoms with van der Waals surface area (Å²) in [5.41, 5.74) is 10.3. The molecule has 0 radical (unpaired) electrons. The minimum Gasteiger partial charge on any atom is -0.506 e. The van der Waals surface area contributed by atoms with E-state index in [2.05, 4.69) is 57.2 Å². The van der Waals surface area contributed by atoms with Crippen LogP contribution in [0.2, 0.25) is 0 Å². The van der Waals surface area contributed by atoms with Gasteiger partial charge in [-0.3, -0.25) is 19.7 Å². The van der Waals surface area contributed by atoms with E-state index < -0.39 is 29.4 Å². The molecule has 2 amide bonds. The van der Waals surface area contributed by atoms with Crippen molar-refractivity contribution < 1.29 is 48.2 Å². The molecule has 9 rings (SSSR count). The Morgan fingerprint density at radius 3 is 2.52 bits per heavy atom. The van der Waals surface area contributed by atoms with Gasteiger partial charge in [0.15, 0.2) is 6.23 Å². The number of thiazole rings is 1. The number of methoxy groups -OCH3 is 1. The molecule has 17 nitrogen and oxygen atoms in total. The zero-order valence-electron chi connectivity index (χ0n) is 39.4. The Kier molecular flexibility index (Phi) is 15.3. The van der Waals surface area contributed by atoms with Crippen LogP contribution in [0.4, 0.5) is 4.79 Å². The molecule has 2 bridgehead atoms. The van der Waals surface area contributed by atoms with Crippen LogP contribution in [0.25, 0.3) is 33.4 Å². The van der Waals surface area contributed by atoms with Gasteiger partial charge in [0, 0.05) is 85.9 Å². The maximum atomic E-state index is 14.3. The average Bonchev–Trinajstić information content (AvgIpc) is 3.92. The molecule has 3 N–H and O–H groups in total. The Labute approximate surface area is 391 Å². The van der Waals surface area contributed by atoms with E-state index >= 15 is 0 Å². The zero-order chi connectivity index (χ0) is 46.6. The van der Waals surface area contributed by atoms with E-state index in [1.807, 2.05) is 17.8 Å². The van der Waals surface area contributed by atoms with E-state index in [0.29, 0.717) is 71.3 Å². The first-order chi connectivity index (χ1) is 31.7. The highest BCUT2D eigenvalue weighted by Gasteiger charge is 2.49. The van der Waals surface area contributed by atoms with Crippen LogP contribution in [0, 0.1) is 11.3 Å². The van der Waals surface area contributed by atoms with Gasteiger partial charge in [-0.05, 0) is 89.0 Å². The lowest BCUT2D eigenvalue weighted by Gasteiger charge is -2.53. The summed E-state index contributed by atoms with van der Waals surface area (Å²) in [7, 11) is 1.66. The lowest BCUT2D eigenvalue weighted by molar-refractivity contribution is -0.373. The summed E-state index contributed by atoms with van der Waals surface area (Å²) >= 11 is 1.55. The van der Waals surface area contributed by atoms with Crippen LogP contribution in [0.1, 0.15) is 84.6 Å². The van der Waals surface area contributed by atoms with Gasteiger partial charge in [0.05, 0.1) is 67.4 Å². The quantitative estimate of drug-likeness (QED) is 0.0715. The van der Waals surface area contributed by atoms with Crippen LogP contribution in [-0.2, 0) is 51.2 Å². The van der Waals surface area contributed by atoms with Gasteiger partial charge in [0.2, 0.25) is 0 Å². The predicted octanol–water partition coefficient (Wildman–Crippen LogP) is 6.63. The van der Waals surface area contributed by atoms with Crippen molar-refractivity contribution in [1.82, 2.24) is 35.2 Å². The maximum Gasteiger partial charge on any atom is 0.408 e. The number of nitrogens with zero attached hydrogens (tertiary/aromatic N) is 5. The summed E-state index contributed by atoms with van der Waals surface area (Å²) in [5.74, 6) is -0.0569. The third-order valence-electron chi connectivity index (χ3n) is 12.9. The number of hydrogen-bond donors (Lipinski definition) is 3. The molecule has 0 spiro atoms. The number of benzene rings is 1. The Hall–Kier alpha value is -4.24. The van der Waals surface area contributed by atoms with Gasteiger partial charge in [0.1, 0.15) is 17.4 Å². The van der Waals surface area contributed by atoms with Gasteiger partial charge in [-0.25, -0.2) is 25.0 Å². The normalized spacial score (nSPS) is 21.7. The monoisotopic (exact) mass is 933 g/mol. The molecular weight excluding hydrogens is 867 g/mol. The van der Waals surface area contributed by atoms with E-state index in [-0.39, 0.29) is 42.4 Å². The summed E-state index contributed by atoms with van der Waals surface area (Å²) in [6, 6.07) is 7.36. The van der Waals surface area contributed by atoms with Gasteiger partial charge in [0.25, 0.3) is 5.91 Å². The molecule has 0 unspecified atom stereocenters. The van der Waals surface area contributed by atoms with Crippen molar-refractivity contribution in [1.29, 1.82) is 0 Å². The first-order valence-electron chi connectivity index (χ1n) is 23.3. The van der Waals surface area contributed by atoms with Crippen molar-refractivity contribution >= 4 is 34.2 Å². The number of pyridine rings is 1. The minimum absolute atomic E-state index is 0.0314. The Bertz CT molecular complexity index is 2260. The van der Waals surface area contributed by atoms with Crippen LogP contribution in [-0.4, -0.2) is 138 Å². The lowest BCUT2D eigenvalue weighted by Crippen LogP contribution is -2.71. The molecule has 3 aromatic heterocycles. The maximum absolute atomic E-state index is 14.3. The van der Waals surface area contributed by atoms with Gasteiger partial charge in [-0.2, -0.15) is 0 Å². The first-order valence-corrected chi connectivity index (χ1v) is 24.2. The Morgan fingerprint density at radius 2 is 1.80 bits per heavy atom. The summed E-state index contributed by atoms with van der Waals surface area (Å²) < 4.78 is 31.3. The van der Waals surface area contributed by atoms with E-state index in [9.17, 15) is 14.7 Å². The number of carbonyl (C=O) groups excluding carboxylic acids is 2. The number of hydrazine groups is 1. The number of amides is 2. The number of rotatable bonds is 18. The molecule has 5 aliphatic rings. The van der Waals surface area contributed by atoms with Crippen LogP contribution in [0.15, 0.2) is 41.4 Å². The molecule has 4 aromatic rings. The number of morpholine rings is 1. The van der Waals surface area contributed by atoms with Crippen molar-refractivity contribution in [3.63, 3.8) is 0 Å². The number of nitrogens with one attached hydrogen (secondary N) is 2. The minimum atomic E-state index is -0.849. The summed E-state index contributed by atoms with van der Waals surface area (Å²) in [6.45, 7) is 17.0. The molecule has 1 aliphatic carbocycles. The van der Waals surface area contributed by atoms with Gasteiger partial charge in [-0.1, -0.05) is 19.9 Å². The highest BCUT2D eigenvalue weighted by atomic mass is 32.1. The zero-order valence-corrected chi connectivity index (χ0v) is 40.2. The second kappa shape index (κ2) is 21.0. The molecule has 66 heavy (non-hydrogen) atoms. The summed E-state index contributed by atoms with van der Waals surface area (Å²) in [6.07, 6.45) is 3.77. The van der Waals surface area contributed by atoms with Crippen LogP contribution < -0.4 is 10.7 Å². The molecule has 7 heterocycles. The Morgan fingerprint density at radius 1 is 1.05 bits per heavy atom. The first kappa shape index (κ1) is 48.2. The SMILES string of the molecule is CO[C@@H](C)c1ncc(O)cc1-c1c(CC(C)(C)COO[C@H]2NN(C(=O)[C@H](CN3CCOCC3)NC(=O)OC(C)(C)C)C3CC2C3)c2cc(-c3cscn3)ccc2n1CCOC1CCOCC1. The second-order valence-corrected chi connectivity index (χ2v) is 20.4. The van der Waals surface area contributed by atoms with Crippen molar-refractivity contribution in [2.75, 3.05) is 66.4 Å². The standard InChI is InChI=1S/C48H67N7O10S/c1-30(59-7)42-37(23-34(56)25-49-42)43-38(36-22-31(40-27-66-29-50-40)8-9-41(36)54(43)14-19-62-35-10-15-60-16-11-35)24-48(5,6)28-63-65-44-32-20-33(21-32)55(52-44)45(57)39(26-53-12-17-61-18-13-53)51-46(58)64-47(2,3)4/h8-9,22-23,25,27,29-30,32-33,35,39,44,52,56H,10-21,24,26,28H2,1-7H3,(H,51,58)/t30-,32?,33?,39-,44+/m0/s1. The summed E-state index contributed by atoms with van der Waals surface area (Å²) in [4.78, 5) is 51.2. The smallest absolute Gasteiger partial charge is 0.408 e. The summed E-state index contributed by atoms with van der Waals surface area (Å²) in [5, 5.41) is 18.6. The molecule has 18 heteroatoms.